The van der Waals surface area contributed by atoms with Crippen LogP contribution in [-0.2, 0) is 0 Å². The summed E-state index contributed by atoms with van der Waals surface area (Å²) < 4.78 is 0. The summed E-state index contributed by atoms with van der Waals surface area (Å²) in [6, 6.07) is 13.6. The molecule has 0 fully saturated rings. The summed E-state index contributed by atoms with van der Waals surface area (Å²) in [5.74, 6) is -2.18. The Balaban J connectivity index is 2.08. The zero-order valence-electron chi connectivity index (χ0n) is 14.4. The molecule has 0 bridgehead atoms. The van der Waals surface area contributed by atoms with Gasteiger partial charge >= 0.3 is 0 Å². The molecule has 0 heterocycles. The van der Waals surface area contributed by atoms with E-state index in [1.165, 1.54) is 30.3 Å². The summed E-state index contributed by atoms with van der Waals surface area (Å²) in [7, 11) is 0. The van der Waals surface area contributed by atoms with Crippen molar-refractivity contribution in [2.45, 2.75) is 12.2 Å². The van der Waals surface area contributed by atoms with Gasteiger partial charge in [0, 0.05) is 36.3 Å². The summed E-state index contributed by atoms with van der Waals surface area (Å²) >= 11 is 0. The third-order valence-corrected chi connectivity index (χ3v) is 4.87. The monoisotopic (exact) mass is 378 g/mol. The average molecular weight is 378 g/mol. The van der Waals surface area contributed by atoms with Gasteiger partial charge in [0.15, 0.2) is 5.79 Å². The number of benzene rings is 3. The number of nitro groups is 2. The van der Waals surface area contributed by atoms with Gasteiger partial charge in [-0.25, -0.2) is 0 Å². The third-order valence-electron chi connectivity index (χ3n) is 4.87. The van der Waals surface area contributed by atoms with Crippen LogP contribution in [0.15, 0.2) is 54.6 Å². The van der Waals surface area contributed by atoms with E-state index in [0.717, 1.165) is 0 Å². The molecule has 8 nitrogen and oxygen atoms in total. The number of fused-ring (bicyclic) bond motifs is 2. The van der Waals surface area contributed by atoms with Crippen LogP contribution in [0, 0.1) is 20.2 Å². The van der Waals surface area contributed by atoms with Crippen molar-refractivity contribution in [1.29, 1.82) is 0 Å². The molecule has 0 atom stereocenters. The second-order valence-electron chi connectivity index (χ2n) is 6.60. The molecule has 140 valence electrons. The van der Waals surface area contributed by atoms with Gasteiger partial charge in [0.2, 0.25) is 0 Å². The van der Waals surface area contributed by atoms with E-state index in [2.05, 4.69) is 0 Å². The van der Waals surface area contributed by atoms with Crippen molar-refractivity contribution in [3.8, 4) is 0 Å². The maximum absolute atomic E-state index is 11.1. The van der Waals surface area contributed by atoms with E-state index in [0.29, 0.717) is 26.8 Å². The van der Waals surface area contributed by atoms with E-state index in [4.69, 9.17) is 0 Å². The van der Waals surface area contributed by atoms with Crippen molar-refractivity contribution < 1.29 is 20.1 Å². The van der Waals surface area contributed by atoms with Gasteiger partial charge in [0.25, 0.3) is 11.4 Å². The van der Waals surface area contributed by atoms with Gasteiger partial charge in [-0.1, -0.05) is 24.3 Å². The number of hydrogen-bond acceptors (Lipinski definition) is 6. The Morgan fingerprint density at radius 3 is 2.29 bits per heavy atom. The second kappa shape index (κ2) is 6.22. The fourth-order valence-electron chi connectivity index (χ4n) is 3.59. The first-order valence-corrected chi connectivity index (χ1v) is 8.40. The number of rotatable bonds is 3. The Kier molecular flexibility index (Phi) is 3.95. The predicted molar refractivity (Wildman–Crippen MR) is 102 cm³/mol. The molecule has 1 aliphatic rings. The molecule has 28 heavy (non-hydrogen) atoms. The van der Waals surface area contributed by atoms with E-state index in [1.807, 2.05) is 0 Å². The van der Waals surface area contributed by atoms with Crippen LogP contribution in [-0.4, -0.2) is 25.8 Å². The zero-order chi connectivity index (χ0) is 20.1. The highest BCUT2D eigenvalue weighted by Gasteiger charge is 2.33. The topological polar surface area (TPSA) is 127 Å². The molecule has 4 rings (SSSR count). The molecule has 0 radical (unpaired) electrons. The molecule has 0 saturated heterocycles. The molecule has 1 aliphatic carbocycles. The number of nitro benzene ring substituents is 2. The van der Waals surface area contributed by atoms with E-state index in [9.17, 15) is 30.4 Å². The normalized spacial score (nSPS) is 15.0. The van der Waals surface area contributed by atoms with E-state index in [1.54, 1.807) is 30.3 Å². The molecule has 3 aromatic carbocycles. The molecule has 0 amide bonds. The van der Waals surface area contributed by atoms with Crippen molar-refractivity contribution in [1.82, 2.24) is 0 Å². The number of nitrogens with zero attached hydrogens (tertiary/aromatic N) is 2. The van der Waals surface area contributed by atoms with Gasteiger partial charge in [-0.3, -0.25) is 20.2 Å². The fourth-order valence-corrected chi connectivity index (χ4v) is 3.59. The summed E-state index contributed by atoms with van der Waals surface area (Å²) in [6.07, 6.45) is 1.40. The molecule has 0 aromatic heterocycles. The highest BCUT2D eigenvalue weighted by atomic mass is 16.6. The van der Waals surface area contributed by atoms with Crippen molar-refractivity contribution >= 4 is 33.8 Å². The first kappa shape index (κ1) is 17.8. The first-order valence-electron chi connectivity index (χ1n) is 8.40. The van der Waals surface area contributed by atoms with Crippen molar-refractivity contribution in [3.63, 3.8) is 0 Å². The predicted octanol–water partition coefficient (Wildman–Crippen LogP) is 1.72. The van der Waals surface area contributed by atoms with Gasteiger partial charge in [0.05, 0.1) is 9.85 Å². The molecule has 0 saturated carbocycles. The van der Waals surface area contributed by atoms with Crippen LogP contribution in [0.4, 0.5) is 11.4 Å². The second-order valence-corrected chi connectivity index (χ2v) is 6.60. The smallest absolute Gasteiger partial charge is 0.270 e. The van der Waals surface area contributed by atoms with E-state index >= 15 is 0 Å². The Morgan fingerprint density at radius 1 is 0.893 bits per heavy atom. The standard InChI is InChI=1S/C20H14N2O6/c23-20(24)9-8-13-11-15(22(27)28)5-7-17(13)19(20)18-3-1-2-12-10-14(21(25)26)4-6-16(12)18/h1-8,10-11,23-24H,9H2. The van der Waals surface area contributed by atoms with Gasteiger partial charge in [0.1, 0.15) is 0 Å². The minimum Gasteiger partial charge on any atom is -0.362 e. The molecule has 0 spiro atoms. The average Bonchev–Trinajstić information content (AvgIpc) is 2.66. The minimum atomic E-state index is -2.18. The quantitative estimate of drug-likeness (QED) is 0.406. The Morgan fingerprint density at radius 2 is 1.57 bits per heavy atom. The maximum Gasteiger partial charge on any atom is 0.270 e. The molecule has 3 aromatic rings. The lowest BCUT2D eigenvalue weighted by atomic mass is 9.86. The van der Waals surface area contributed by atoms with Crippen LogP contribution in [0.1, 0.15) is 12.0 Å². The highest BCUT2D eigenvalue weighted by Crippen LogP contribution is 2.33. The van der Waals surface area contributed by atoms with Crippen LogP contribution in [0.25, 0.3) is 22.4 Å². The minimum absolute atomic E-state index is 0.0677. The van der Waals surface area contributed by atoms with Crippen molar-refractivity contribution in [2.75, 3.05) is 0 Å². The molecule has 0 unspecified atom stereocenters. The lowest BCUT2D eigenvalue weighted by Crippen LogP contribution is -2.43. The lowest BCUT2D eigenvalue weighted by Gasteiger charge is -2.28. The van der Waals surface area contributed by atoms with Crippen LogP contribution < -0.4 is 10.4 Å². The first-order chi connectivity index (χ1) is 13.3. The largest absolute Gasteiger partial charge is 0.362 e. The Hall–Kier alpha value is -3.62. The Bertz CT molecular complexity index is 1280. The summed E-state index contributed by atoms with van der Waals surface area (Å²) in [6.45, 7) is 0. The van der Waals surface area contributed by atoms with Crippen LogP contribution in [0.2, 0.25) is 0 Å². The van der Waals surface area contributed by atoms with Crippen LogP contribution >= 0.6 is 0 Å². The van der Waals surface area contributed by atoms with E-state index in [-0.39, 0.29) is 23.4 Å². The maximum atomic E-state index is 11.1. The van der Waals surface area contributed by atoms with Crippen LogP contribution in [0.5, 0.6) is 0 Å². The summed E-state index contributed by atoms with van der Waals surface area (Å²) in [5, 5.41) is 45.6. The SMILES string of the molecule is O=[N+]([O-])c1ccc2c(c1)=CCC(O)(O)C=2c1cccc2cc([N+](=O)[O-])ccc12. The molecular weight excluding hydrogens is 364 g/mol. The van der Waals surface area contributed by atoms with Gasteiger partial charge in [-0.15, -0.1) is 0 Å². The van der Waals surface area contributed by atoms with Crippen molar-refractivity contribution in [3.05, 3.63) is 90.8 Å². The van der Waals surface area contributed by atoms with Gasteiger partial charge in [-0.2, -0.15) is 0 Å². The van der Waals surface area contributed by atoms with Crippen molar-refractivity contribution in [2.24, 2.45) is 0 Å². The fraction of sp³-hybridized carbons (Fsp3) is 0.100. The highest BCUT2D eigenvalue weighted by molar-refractivity contribution is 5.96. The Labute approximate surface area is 157 Å². The lowest BCUT2D eigenvalue weighted by molar-refractivity contribution is -0.385. The number of hydrogen-bond donors (Lipinski definition) is 2. The van der Waals surface area contributed by atoms with Gasteiger partial charge in [-0.05, 0) is 38.9 Å². The molecule has 2 N–H and O–H groups in total. The van der Waals surface area contributed by atoms with E-state index < -0.39 is 15.6 Å². The number of non-ortho nitro benzene ring substituents is 2. The summed E-state index contributed by atoms with van der Waals surface area (Å²) in [5.41, 5.74) is 0.549. The zero-order valence-corrected chi connectivity index (χ0v) is 14.4. The molecule has 8 heteroatoms. The summed E-state index contributed by atoms with van der Waals surface area (Å²) in [4.78, 5) is 21.1. The molecular formula is C20H14N2O6. The third kappa shape index (κ3) is 2.81. The molecule has 0 aliphatic heterocycles. The number of aliphatic hydroxyl groups is 2. The van der Waals surface area contributed by atoms with Gasteiger partial charge < -0.3 is 10.2 Å². The van der Waals surface area contributed by atoms with Crippen LogP contribution in [0.3, 0.4) is 0 Å².